The predicted octanol–water partition coefficient (Wildman–Crippen LogP) is 16.7. The molecule has 0 atom stereocenters. The third kappa shape index (κ3) is 10.4. The quantitative estimate of drug-likeness (QED) is 0.0601. The number of methoxy groups -OCH3 is 1. The first-order chi connectivity index (χ1) is 40.5. The molecule has 10 nitrogen and oxygen atoms in total. The lowest BCUT2D eigenvalue weighted by Gasteiger charge is -2.10. The minimum Gasteiger partial charge on any atom is -0.497 e. The number of H-pyrrole nitrogens is 3. The highest BCUT2D eigenvalue weighted by Gasteiger charge is 2.21. The van der Waals surface area contributed by atoms with Crippen molar-refractivity contribution in [1.82, 2.24) is 30.2 Å². The molecule has 0 spiro atoms. The topological polar surface area (TPSA) is 125 Å². The minimum absolute atomic E-state index is 0.0656. The number of fused-ring (bicyclic) bond motifs is 12. The van der Waals surface area contributed by atoms with Crippen molar-refractivity contribution >= 4 is 84.9 Å². The number of hydrogen-bond donors (Lipinski definition) is 4. The van der Waals surface area contributed by atoms with Gasteiger partial charge in [0, 0.05) is 91.4 Å². The average Bonchev–Trinajstić information content (AvgIpc) is 2.64. The van der Waals surface area contributed by atoms with Crippen molar-refractivity contribution in [3.8, 4) is 56.0 Å². The Kier molecular flexibility index (Phi) is 14.1. The van der Waals surface area contributed by atoms with Gasteiger partial charge in [-0.3, -0.25) is 4.79 Å². The van der Waals surface area contributed by atoms with Crippen LogP contribution in [0.3, 0.4) is 0 Å². The Labute approximate surface area is 483 Å². The molecule has 0 unspecified atom stereocenters. The van der Waals surface area contributed by atoms with Crippen molar-refractivity contribution in [3.63, 3.8) is 0 Å². The molecule has 410 valence electrons. The molecule has 1 amide bonds. The van der Waals surface area contributed by atoms with Gasteiger partial charge in [0.25, 0.3) is 0 Å². The summed E-state index contributed by atoms with van der Waals surface area (Å²) < 4.78 is 14.1. The predicted molar refractivity (Wildman–Crippen MR) is 341 cm³/mol. The van der Waals surface area contributed by atoms with E-state index in [1.54, 1.807) is 7.11 Å². The molecule has 83 heavy (non-hydrogen) atoms. The first-order valence-electron chi connectivity index (χ1n) is 28.8. The lowest BCUT2D eigenvalue weighted by atomic mass is 9.97. The SMILES string of the molecule is COc1ccc2[nH]c3c(C)c4cc[n+](CCCCC(=O)NCCCOc5ccc(-c6c7nc(c(-c8ccc(C)cc8)c8ccc([nH]8)c(-c8ccc(C)cc8)c8nc(c(-c9ccc(C)cc9)c9ccc6[nH]9)C=C8)C=C7)cc5)cc4c(C)c3c2c1. The van der Waals surface area contributed by atoms with Crippen LogP contribution in [-0.4, -0.2) is 51.1 Å². The number of pyridine rings is 1. The van der Waals surface area contributed by atoms with Gasteiger partial charge < -0.3 is 29.7 Å². The Morgan fingerprint density at radius 2 is 0.964 bits per heavy atom. The lowest BCUT2D eigenvalue weighted by Crippen LogP contribution is -2.33. The van der Waals surface area contributed by atoms with E-state index in [9.17, 15) is 4.79 Å². The summed E-state index contributed by atoms with van der Waals surface area (Å²) in [5.41, 5.74) is 23.8. The summed E-state index contributed by atoms with van der Waals surface area (Å²) >= 11 is 0. The molecule has 0 fully saturated rings. The van der Waals surface area contributed by atoms with E-state index in [1.807, 2.05) is 18.2 Å². The summed E-state index contributed by atoms with van der Waals surface area (Å²) in [7, 11) is 1.71. The number of aromatic amines is 3. The summed E-state index contributed by atoms with van der Waals surface area (Å²) in [6, 6.07) is 51.4. The van der Waals surface area contributed by atoms with Crippen molar-refractivity contribution in [3.05, 3.63) is 209 Å². The molecule has 11 aromatic rings. The number of carbonyl (C=O) groups is 1. The summed E-state index contributed by atoms with van der Waals surface area (Å²) in [5.74, 6) is 1.67. The highest BCUT2D eigenvalue weighted by atomic mass is 16.5. The number of nitrogens with zero attached hydrogens (tertiary/aromatic N) is 3. The van der Waals surface area contributed by atoms with Crippen LogP contribution in [0.5, 0.6) is 11.5 Å². The largest absolute Gasteiger partial charge is 0.497 e. The number of carbonyl (C=O) groups excluding carboxylic acids is 1. The molecule has 0 aliphatic carbocycles. The number of benzene rings is 6. The molecule has 7 heterocycles. The molecule has 0 saturated heterocycles. The molecule has 13 rings (SSSR count). The number of unbranched alkanes of at least 4 members (excludes halogenated alkanes) is 1. The molecule has 6 aromatic carbocycles. The second-order valence-electron chi connectivity index (χ2n) is 22.2. The fourth-order valence-electron chi connectivity index (χ4n) is 12.0. The number of ether oxygens (including phenoxy) is 2. The van der Waals surface area contributed by atoms with Crippen LogP contribution in [0.1, 0.15) is 76.3 Å². The van der Waals surface area contributed by atoms with Crippen molar-refractivity contribution in [2.75, 3.05) is 20.3 Å². The number of rotatable bonds is 15. The molecule has 4 N–H and O–H groups in total. The third-order valence-corrected chi connectivity index (χ3v) is 16.5. The molecular weight excluding hydrogens is 1020 g/mol. The second-order valence-corrected chi connectivity index (χ2v) is 22.2. The Balaban J connectivity index is 0.742. The van der Waals surface area contributed by atoms with E-state index in [0.717, 1.165) is 126 Å². The second kappa shape index (κ2) is 22.3. The van der Waals surface area contributed by atoms with E-state index in [2.05, 4.69) is 224 Å². The standard InChI is InChI=1S/C73H65N7O3/c1-44-11-17-49(18-12-44)69-59-29-31-61(75-59)70(50-19-13-45(2)14-20-50)63-33-35-65(77-63)72(66-36-34-64(78-66)71(62-32-30-60(69)76-62)51-21-15-46(3)16-22-51)52-23-25-53(26-24-52)83-41-9-38-74-67(81)10-7-8-39-80-40-37-55-48(5)73-68(47(4)57(55)43-80)56-42-54(82-6)27-28-58(56)79-73/h11-37,40,42-43H,7-10,38-39,41H2,1-6H3,(H3,74,75,76,77,78,81)/p+1. The van der Waals surface area contributed by atoms with E-state index < -0.39 is 0 Å². The maximum atomic E-state index is 13.0. The Hall–Kier alpha value is -9.80. The van der Waals surface area contributed by atoms with Gasteiger partial charge in [0.15, 0.2) is 12.4 Å². The smallest absolute Gasteiger partial charge is 0.220 e. The van der Waals surface area contributed by atoms with Gasteiger partial charge in [-0.25, -0.2) is 14.5 Å². The zero-order chi connectivity index (χ0) is 56.7. The van der Waals surface area contributed by atoms with Gasteiger partial charge in [0.1, 0.15) is 18.0 Å². The van der Waals surface area contributed by atoms with Crippen LogP contribution < -0.4 is 19.4 Å². The van der Waals surface area contributed by atoms with Gasteiger partial charge in [0.2, 0.25) is 5.91 Å². The van der Waals surface area contributed by atoms with Crippen molar-refractivity contribution in [2.24, 2.45) is 0 Å². The Bertz CT molecular complexity index is 4520. The number of aryl methyl sites for hydroxylation is 6. The van der Waals surface area contributed by atoms with E-state index in [0.29, 0.717) is 26.0 Å². The summed E-state index contributed by atoms with van der Waals surface area (Å²) in [5, 5.41) is 8.02. The van der Waals surface area contributed by atoms with Crippen LogP contribution in [0.15, 0.2) is 158 Å². The van der Waals surface area contributed by atoms with Crippen LogP contribution in [0, 0.1) is 34.6 Å². The lowest BCUT2D eigenvalue weighted by molar-refractivity contribution is -0.696. The van der Waals surface area contributed by atoms with Gasteiger partial charge in [-0.05, 0) is 165 Å². The summed E-state index contributed by atoms with van der Waals surface area (Å²) in [6.45, 7) is 12.6. The van der Waals surface area contributed by atoms with Gasteiger partial charge in [-0.2, -0.15) is 0 Å². The van der Waals surface area contributed by atoms with Crippen molar-refractivity contribution in [1.29, 1.82) is 0 Å². The number of amides is 1. The molecule has 2 aliphatic heterocycles. The molecule has 0 radical (unpaired) electrons. The minimum atomic E-state index is 0.0656. The highest BCUT2D eigenvalue weighted by molar-refractivity contribution is 6.16. The van der Waals surface area contributed by atoms with E-state index in [4.69, 9.17) is 19.4 Å². The van der Waals surface area contributed by atoms with Gasteiger partial charge in [-0.1, -0.05) is 102 Å². The van der Waals surface area contributed by atoms with Gasteiger partial charge >= 0.3 is 0 Å². The van der Waals surface area contributed by atoms with Crippen molar-refractivity contribution in [2.45, 2.75) is 66.8 Å². The van der Waals surface area contributed by atoms with Crippen LogP contribution in [0.2, 0.25) is 0 Å². The zero-order valence-corrected chi connectivity index (χ0v) is 47.8. The normalized spacial score (nSPS) is 12.0. The first-order valence-corrected chi connectivity index (χ1v) is 28.8. The van der Waals surface area contributed by atoms with E-state index >= 15 is 0 Å². The summed E-state index contributed by atoms with van der Waals surface area (Å²) in [4.78, 5) is 35.4. The monoisotopic (exact) mass is 1090 g/mol. The molecule has 5 aromatic heterocycles. The number of nitrogens with one attached hydrogen (secondary N) is 4. The van der Waals surface area contributed by atoms with E-state index in [1.165, 1.54) is 54.9 Å². The van der Waals surface area contributed by atoms with Crippen LogP contribution in [0.25, 0.3) is 123 Å². The summed E-state index contributed by atoms with van der Waals surface area (Å²) in [6.07, 6.45) is 15.8. The van der Waals surface area contributed by atoms with Crippen LogP contribution in [0.4, 0.5) is 0 Å². The van der Waals surface area contributed by atoms with Crippen LogP contribution in [-0.2, 0) is 11.3 Å². The molecule has 8 bridgehead atoms. The van der Waals surface area contributed by atoms with Gasteiger partial charge in [-0.15, -0.1) is 0 Å². The molecular formula is C73H66N7O3+. The fraction of sp³-hybridized carbons (Fsp3) is 0.178. The number of aromatic nitrogens is 6. The molecule has 0 saturated carbocycles. The Morgan fingerprint density at radius 3 is 1.46 bits per heavy atom. The third-order valence-electron chi connectivity index (χ3n) is 16.5. The van der Waals surface area contributed by atoms with E-state index in [-0.39, 0.29) is 5.91 Å². The fourth-order valence-corrected chi connectivity index (χ4v) is 12.0. The first kappa shape index (κ1) is 52.6. The Morgan fingerprint density at radius 1 is 0.494 bits per heavy atom. The zero-order valence-electron chi connectivity index (χ0n) is 47.8. The maximum Gasteiger partial charge on any atom is 0.220 e. The van der Waals surface area contributed by atoms with Crippen LogP contribution >= 0.6 is 0 Å². The average molecular weight is 1090 g/mol. The molecule has 2 aliphatic rings. The maximum absolute atomic E-state index is 13.0. The van der Waals surface area contributed by atoms with Gasteiger partial charge in [0.05, 0.1) is 42.0 Å². The highest BCUT2D eigenvalue weighted by Crippen LogP contribution is 2.41. The molecule has 10 heteroatoms. The van der Waals surface area contributed by atoms with Crippen molar-refractivity contribution < 1.29 is 18.8 Å². The number of hydrogen-bond acceptors (Lipinski definition) is 5.